The smallest absolute Gasteiger partial charge is 0.337 e. The molecule has 3 rings (SSSR count). The molecular weight excluding hydrogens is 380 g/mol. The molecule has 28 heavy (non-hydrogen) atoms. The van der Waals surface area contributed by atoms with E-state index in [0.29, 0.717) is 16.1 Å². The topological polar surface area (TPSA) is 105 Å². The number of benzene rings is 2. The van der Waals surface area contributed by atoms with E-state index in [1.807, 2.05) is 5.38 Å². The maximum atomic E-state index is 12.4. The molecule has 0 saturated carbocycles. The van der Waals surface area contributed by atoms with Crippen LogP contribution in [0, 0.1) is 0 Å². The van der Waals surface area contributed by atoms with Crippen molar-refractivity contribution in [1.29, 1.82) is 0 Å². The van der Waals surface area contributed by atoms with E-state index in [-0.39, 0.29) is 22.9 Å². The van der Waals surface area contributed by atoms with Crippen LogP contribution in [0.2, 0.25) is 0 Å². The molecule has 142 valence electrons. The van der Waals surface area contributed by atoms with Gasteiger partial charge in [0.05, 0.1) is 23.2 Å². The molecule has 1 aromatic heterocycles. The number of methoxy groups -OCH3 is 1. The van der Waals surface area contributed by atoms with E-state index < -0.39 is 11.9 Å². The summed E-state index contributed by atoms with van der Waals surface area (Å²) in [5, 5.41) is 17.0. The molecule has 0 bridgehead atoms. The zero-order valence-electron chi connectivity index (χ0n) is 14.8. The van der Waals surface area contributed by atoms with Crippen LogP contribution in [-0.2, 0) is 4.74 Å². The number of amides is 2. The minimum absolute atomic E-state index is 0.0861. The van der Waals surface area contributed by atoms with Crippen molar-refractivity contribution >= 4 is 40.5 Å². The quantitative estimate of drug-likeness (QED) is 0.450. The van der Waals surface area contributed by atoms with E-state index in [4.69, 9.17) is 0 Å². The van der Waals surface area contributed by atoms with Crippen molar-refractivity contribution in [3.05, 3.63) is 76.0 Å². The molecular formula is C20H16N2O5S. The number of nitrogens with one attached hydrogen (secondary N) is 2. The Kier molecular flexibility index (Phi) is 5.71. The summed E-state index contributed by atoms with van der Waals surface area (Å²) in [6, 6.07) is 13.8. The van der Waals surface area contributed by atoms with Crippen LogP contribution in [-0.4, -0.2) is 30.0 Å². The number of esters is 1. The van der Waals surface area contributed by atoms with Crippen molar-refractivity contribution < 1.29 is 24.2 Å². The lowest BCUT2D eigenvalue weighted by molar-refractivity contribution is 0.0600. The molecule has 8 heteroatoms. The van der Waals surface area contributed by atoms with Gasteiger partial charge in [0.25, 0.3) is 11.8 Å². The Hall–Kier alpha value is -3.65. The molecule has 0 spiro atoms. The molecule has 0 aliphatic heterocycles. The van der Waals surface area contributed by atoms with E-state index in [2.05, 4.69) is 15.4 Å². The molecule has 0 saturated heterocycles. The van der Waals surface area contributed by atoms with Crippen LogP contribution in [0.3, 0.4) is 0 Å². The summed E-state index contributed by atoms with van der Waals surface area (Å²) in [6.45, 7) is 0. The normalized spacial score (nSPS) is 10.2. The first-order chi connectivity index (χ1) is 13.5. The van der Waals surface area contributed by atoms with Crippen molar-refractivity contribution in [1.82, 2.24) is 0 Å². The van der Waals surface area contributed by atoms with Crippen LogP contribution in [0.25, 0.3) is 0 Å². The van der Waals surface area contributed by atoms with Gasteiger partial charge in [-0.2, -0.15) is 0 Å². The summed E-state index contributed by atoms with van der Waals surface area (Å²) in [5.74, 6) is -1.47. The van der Waals surface area contributed by atoms with Crippen LogP contribution in [0.5, 0.6) is 5.75 Å². The van der Waals surface area contributed by atoms with Gasteiger partial charge in [0.15, 0.2) is 0 Å². The number of carbonyl (C=O) groups excluding carboxylic acids is 3. The van der Waals surface area contributed by atoms with Gasteiger partial charge in [-0.05, 0) is 53.9 Å². The van der Waals surface area contributed by atoms with Crippen molar-refractivity contribution in [2.75, 3.05) is 17.7 Å². The van der Waals surface area contributed by atoms with E-state index in [0.717, 1.165) is 0 Å². The largest absolute Gasteiger partial charge is 0.506 e. The summed E-state index contributed by atoms with van der Waals surface area (Å²) in [6.07, 6.45) is 0. The Bertz CT molecular complexity index is 1010. The number of hydrogen-bond acceptors (Lipinski definition) is 6. The van der Waals surface area contributed by atoms with Gasteiger partial charge in [-0.1, -0.05) is 6.07 Å². The lowest BCUT2D eigenvalue weighted by Gasteiger charge is -2.10. The minimum Gasteiger partial charge on any atom is -0.506 e. The molecule has 3 aromatic rings. The van der Waals surface area contributed by atoms with Crippen LogP contribution < -0.4 is 10.6 Å². The number of rotatable bonds is 5. The van der Waals surface area contributed by atoms with Crippen molar-refractivity contribution in [3.63, 3.8) is 0 Å². The maximum Gasteiger partial charge on any atom is 0.337 e. The third kappa shape index (κ3) is 4.36. The molecule has 0 radical (unpaired) electrons. The highest BCUT2D eigenvalue weighted by atomic mass is 32.1. The van der Waals surface area contributed by atoms with Crippen LogP contribution in [0.15, 0.2) is 60.0 Å². The number of thiophene rings is 1. The lowest BCUT2D eigenvalue weighted by Crippen LogP contribution is -2.13. The first-order valence-corrected chi connectivity index (χ1v) is 9.03. The fourth-order valence-corrected chi connectivity index (χ4v) is 3.00. The van der Waals surface area contributed by atoms with Gasteiger partial charge in [0, 0.05) is 11.3 Å². The minimum atomic E-state index is -0.582. The number of aromatic hydroxyl groups is 1. The number of ether oxygens (including phenoxy) is 1. The molecule has 1 heterocycles. The molecule has 0 unspecified atom stereocenters. The van der Waals surface area contributed by atoms with E-state index in [1.165, 1.54) is 36.6 Å². The Morgan fingerprint density at radius 1 is 0.929 bits per heavy atom. The predicted octanol–water partition coefficient (Wildman–Crippen LogP) is 3.74. The molecule has 0 fully saturated rings. The van der Waals surface area contributed by atoms with Crippen molar-refractivity contribution in [2.45, 2.75) is 0 Å². The highest BCUT2D eigenvalue weighted by Crippen LogP contribution is 2.25. The number of phenols is 1. The molecule has 0 atom stereocenters. The average Bonchev–Trinajstić information content (AvgIpc) is 3.24. The molecule has 2 amide bonds. The summed E-state index contributed by atoms with van der Waals surface area (Å²) in [7, 11) is 1.24. The number of phenolic OH excluding ortho intramolecular Hbond substituents is 1. The second-order valence-corrected chi connectivity index (χ2v) is 6.63. The second kappa shape index (κ2) is 8.36. The monoisotopic (exact) mass is 396 g/mol. The van der Waals surface area contributed by atoms with Gasteiger partial charge in [0.2, 0.25) is 0 Å². The number of hydrogen-bond donors (Lipinski definition) is 3. The fraction of sp³-hybridized carbons (Fsp3) is 0.0500. The Balaban J connectivity index is 1.70. The molecule has 2 aromatic carbocycles. The van der Waals surface area contributed by atoms with E-state index >= 15 is 0 Å². The summed E-state index contributed by atoms with van der Waals surface area (Å²) in [4.78, 5) is 36.6. The fourth-order valence-electron chi connectivity index (χ4n) is 2.38. The molecule has 0 aliphatic carbocycles. The Morgan fingerprint density at radius 2 is 1.64 bits per heavy atom. The van der Waals surface area contributed by atoms with Gasteiger partial charge in [-0.25, -0.2) is 4.79 Å². The number of carbonyl (C=O) groups is 3. The average molecular weight is 396 g/mol. The third-order valence-electron chi connectivity index (χ3n) is 3.82. The molecule has 0 aliphatic rings. The summed E-state index contributed by atoms with van der Waals surface area (Å²) >= 11 is 1.33. The van der Waals surface area contributed by atoms with E-state index in [9.17, 15) is 19.5 Å². The molecule has 3 N–H and O–H groups in total. The van der Waals surface area contributed by atoms with Crippen LogP contribution >= 0.6 is 11.3 Å². The molecule has 7 nitrogen and oxygen atoms in total. The van der Waals surface area contributed by atoms with Gasteiger partial charge in [-0.15, -0.1) is 11.3 Å². The van der Waals surface area contributed by atoms with Crippen molar-refractivity contribution in [2.24, 2.45) is 0 Å². The van der Waals surface area contributed by atoms with Gasteiger partial charge in [-0.3, -0.25) is 9.59 Å². The highest BCUT2D eigenvalue weighted by molar-refractivity contribution is 7.12. The van der Waals surface area contributed by atoms with E-state index in [1.54, 1.807) is 36.4 Å². The highest BCUT2D eigenvalue weighted by Gasteiger charge is 2.13. The lowest BCUT2D eigenvalue weighted by atomic mass is 10.1. The maximum absolute atomic E-state index is 12.4. The summed E-state index contributed by atoms with van der Waals surface area (Å²) in [5.41, 5.74) is 1.15. The first-order valence-electron chi connectivity index (χ1n) is 8.15. The van der Waals surface area contributed by atoms with Crippen LogP contribution in [0.4, 0.5) is 11.4 Å². The number of anilines is 2. The van der Waals surface area contributed by atoms with Gasteiger partial charge < -0.3 is 20.5 Å². The van der Waals surface area contributed by atoms with Crippen LogP contribution in [0.1, 0.15) is 30.4 Å². The van der Waals surface area contributed by atoms with Gasteiger partial charge >= 0.3 is 5.97 Å². The Labute approximate surface area is 164 Å². The predicted molar refractivity (Wildman–Crippen MR) is 106 cm³/mol. The third-order valence-corrected chi connectivity index (χ3v) is 4.68. The SMILES string of the molecule is COC(=O)c1ccc(O)c(NC(=O)c2ccc(NC(=O)c3cccs3)cc2)c1. The zero-order chi connectivity index (χ0) is 20.1. The standard InChI is InChI=1S/C20H16N2O5S/c1-27-20(26)13-6-9-16(23)15(11-13)22-18(24)12-4-7-14(8-5-12)21-19(25)17-3-2-10-28-17/h2-11,23H,1H3,(H,21,25)(H,22,24). The Morgan fingerprint density at radius 3 is 2.29 bits per heavy atom. The summed E-state index contributed by atoms with van der Waals surface area (Å²) < 4.78 is 4.63. The van der Waals surface area contributed by atoms with Gasteiger partial charge in [0.1, 0.15) is 5.75 Å². The zero-order valence-corrected chi connectivity index (χ0v) is 15.6. The first kappa shape index (κ1) is 19.1. The van der Waals surface area contributed by atoms with Crippen molar-refractivity contribution in [3.8, 4) is 5.75 Å². The second-order valence-electron chi connectivity index (χ2n) is 5.69.